The van der Waals surface area contributed by atoms with Gasteiger partial charge < -0.3 is 14.9 Å². The molecular weight excluding hydrogens is 290 g/mol. The molecule has 0 atom stereocenters. The lowest BCUT2D eigenvalue weighted by Crippen LogP contribution is -1.89. The van der Waals surface area contributed by atoms with Gasteiger partial charge in [-0.2, -0.15) is 0 Å². The second-order valence-corrected chi connectivity index (χ2v) is 4.98. The van der Waals surface area contributed by atoms with E-state index in [1.54, 1.807) is 25.3 Å². The van der Waals surface area contributed by atoms with Crippen LogP contribution in [0.1, 0.15) is 0 Å². The second-order valence-electron chi connectivity index (χ2n) is 4.58. The summed E-state index contributed by atoms with van der Waals surface area (Å²) in [7, 11) is 1.59. The summed E-state index contributed by atoms with van der Waals surface area (Å²) in [6.07, 6.45) is 0. The highest BCUT2D eigenvalue weighted by Crippen LogP contribution is 2.33. The summed E-state index contributed by atoms with van der Waals surface area (Å²) in [4.78, 5) is 4.53. The van der Waals surface area contributed by atoms with Crippen molar-refractivity contribution in [1.29, 1.82) is 0 Å². The quantitative estimate of drug-likeness (QED) is 0.703. The predicted molar refractivity (Wildman–Crippen MR) is 82.1 cm³/mol. The maximum absolute atomic E-state index is 9.60. The Hall–Kier alpha value is -2.46. The van der Waals surface area contributed by atoms with Crippen LogP contribution in [0, 0.1) is 0 Å². The highest BCUT2D eigenvalue weighted by atomic mass is 35.5. The normalized spacial score (nSPS) is 10.8. The number of phenolic OH excluding ortho intramolecular Hbond substituents is 2. The molecule has 0 aliphatic carbocycles. The molecule has 0 aliphatic rings. The molecule has 2 N–H and O–H groups in total. The number of halogens is 1. The number of aromatic hydroxyl groups is 2. The first-order valence-electron chi connectivity index (χ1n) is 6.25. The Kier molecular flexibility index (Phi) is 3.31. The van der Waals surface area contributed by atoms with E-state index in [1.807, 2.05) is 12.1 Å². The van der Waals surface area contributed by atoms with E-state index in [4.69, 9.17) is 16.3 Å². The Morgan fingerprint density at radius 2 is 1.81 bits per heavy atom. The van der Waals surface area contributed by atoms with Crippen LogP contribution in [0.25, 0.3) is 22.2 Å². The van der Waals surface area contributed by atoms with Crippen LogP contribution in [-0.2, 0) is 0 Å². The summed E-state index contributed by atoms with van der Waals surface area (Å²) < 4.78 is 5.19. The molecule has 21 heavy (non-hydrogen) atoms. The van der Waals surface area contributed by atoms with Gasteiger partial charge >= 0.3 is 0 Å². The number of aromatic nitrogens is 1. The molecule has 0 fully saturated rings. The van der Waals surface area contributed by atoms with Crippen molar-refractivity contribution in [2.45, 2.75) is 0 Å². The van der Waals surface area contributed by atoms with Gasteiger partial charge in [0.15, 0.2) is 11.5 Å². The first-order valence-corrected chi connectivity index (χ1v) is 6.63. The zero-order valence-corrected chi connectivity index (χ0v) is 11.9. The Bertz CT molecular complexity index is 833. The molecular formula is C16H12ClNO3. The number of methoxy groups -OCH3 is 1. The number of ether oxygens (including phenoxy) is 1. The number of hydrogen-bond donors (Lipinski definition) is 2. The maximum atomic E-state index is 9.60. The average Bonchev–Trinajstić information content (AvgIpc) is 2.49. The van der Waals surface area contributed by atoms with Gasteiger partial charge in [-0.3, -0.25) is 0 Å². The zero-order chi connectivity index (χ0) is 15.0. The van der Waals surface area contributed by atoms with Crippen LogP contribution in [0.5, 0.6) is 17.2 Å². The van der Waals surface area contributed by atoms with Gasteiger partial charge in [0.05, 0.1) is 23.3 Å². The first kappa shape index (κ1) is 13.5. The molecule has 0 unspecified atom stereocenters. The molecule has 0 spiro atoms. The summed E-state index contributed by atoms with van der Waals surface area (Å²) >= 11 is 6.29. The van der Waals surface area contributed by atoms with Crippen molar-refractivity contribution >= 4 is 22.5 Å². The molecule has 0 amide bonds. The van der Waals surface area contributed by atoms with Crippen LogP contribution < -0.4 is 4.74 Å². The summed E-state index contributed by atoms with van der Waals surface area (Å²) in [5, 5.41) is 20.4. The molecule has 2 aromatic carbocycles. The van der Waals surface area contributed by atoms with Crippen LogP contribution in [0.15, 0.2) is 42.5 Å². The molecule has 0 aliphatic heterocycles. The molecule has 0 saturated carbocycles. The van der Waals surface area contributed by atoms with Gasteiger partial charge in [0.25, 0.3) is 0 Å². The fourth-order valence-corrected chi connectivity index (χ4v) is 2.39. The first-order chi connectivity index (χ1) is 10.1. The number of phenols is 2. The highest BCUT2D eigenvalue weighted by molar-refractivity contribution is 6.35. The largest absolute Gasteiger partial charge is 0.504 e. The monoisotopic (exact) mass is 301 g/mol. The van der Waals surface area contributed by atoms with Crippen molar-refractivity contribution in [2.75, 3.05) is 7.11 Å². The average molecular weight is 302 g/mol. The smallest absolute Gasteiger partial charge is 0.158 e. The minimum Gasteiger partial charge on any atom is -0.504 e. The minimum absolute atomic E-state index is 0.174. The zero-order valence-electron chi connectivity index (χ0n) is 11.2. The van der Waals surface area contributed by atoms with Crippen LogP contribution in [0.2, 0.25) is 5.02 Å². The Labute approximate surface area is 126 Å². The second kappa shape index (κ2) is 5.14. The SMILES string of the molecule is COc1ccc2c(Cl)cc(-c3ccc(O)c(O)c3)nc2c1. The number of nitrogens with zero attached hydrogens (tertiary/aromatic N) is 1. The van der Waals surface area contributed by atoms with E-state index in [2.05, 4.69) is 4.98 Å². The number of pyridine rings is 1. The van der Waals surface area contributed by atoms with E-state index < -0.39 is 0 Å². The van der Waals surface area contributed by atoms with Gasteiger partial charge in [-0.15, -0.1) is 0 Å². The van der Waals surface area contributed by atoms with E-state index >= 15 is 0 Å². The molecule has 4 nitrogen and oxygen atoms in total. The van der Waals surface area contributed by atoms with Gasteiger partial charge in [0, 0.05) is 17.0 Å². The lowest BCUT2D eigenvalue weighted by molar-refractivity contribution is 0.404. The van der Waals surface area contributed by atoms with Crippen molar-refractivity contribution in [3.05, 3.63) is 47.5 Å². The van der Waals surface area contributed by atoms with Crippen molar-refractivity contribution in [3.63, 3.8) is 0 Å². The summed E-state index contributed by atoms with van der Waals surface area (Å²) in [5.41, 5.74) is 1.97. The van der Waals surface area contributed by atoms with Crippen molar-refractivity contribution in [1.82, 2.24) is 4.98 Å². The third-order valence-electron chi connectivity index (χ3n) is 3.24. The van der Waals surface area contributed by atoms with Gasteiger partial charge in [0.2, 0.25) is 0 Å². The van der Waals surface area contributed by atoms with E-state index in [0.717, 1.165) is 5.39 Å². The fraction of sp³-hybridized carbons (Fsp3) is 0.0625. The van der Waals surface area contributed by atoms with Crippen molar-refractivity contribution in [2.24, 2.45) is 0 Å². The maximum Gasteiger partial charge on any atom is 0.158 e. The van der Waals surface area contributed by atoms with Gasteiger partial charge in [-0.1, -0.05) is 11.6 Å². The minimum atomic E-state index is -0.198. The van der Waals surface area contributed by atoms with Gasteiger partial charge in [-0.05, 0) is 36.4 Å². The standard InChI is InChI=1S/C16H12ClNO3/c1-21-10-3-4-11-12(17)8-13(18-14(11)7-10)9-2-5-15(19)16(20)6-9/h2-8,19-20H,1H3. The molecule has 5 heteroatoms. The summed E-state index contributed by atoms with van der Waals surface area (Å²) in [5.74, 6) is 0.320. The molecule has 1 heterocycles. The number of hydrogen-bond acceptors (Lipinski definition) is 4. The Morgan fingerprint density at radius 1 is 1.00 bits per heavy atom. The number of fused-ring (bicyclic) bond motifs is 1. The van der Waals surface area contributed by atoms with E-state index in [-0.39, 0.29) is 11.5 Å². The third kappa shape index (κ3) is 2.45. The third-order valence-corrected chi connectivity index (χ3v) is 3.55. The lowest BCUT2D eigenvalue weighted by Gasteiger charge is -2.08. The van der Waals surface area contributed by atoms with Crippen LogP contribution in [0.4, 0.5) is 0 Å². The fourth-order valence-electron chi connectivity index (χ4n) is 2.12. The van der Waals surface area contributed by atoms with E-state index in [1.165, 1.54) is 12.1 Å². The van der Waals surface area contributed by atoms with Crippen molar-refractivity contribution in [3.8, 4) is 28.5 Å². The van der Waals surface area contributed by atoms with Crippen LogP contribution >= 0.6 is 11.6 Å². The molecule has 0 radical (unpaired) electrons. The molecule has 106 valence electrons. The predicted octanol–water partition coefficient (Wildman–Crippen LogP) is 3.98. The topological polar surface area (TPSA) is 62.6 Å². The lowest BCUT2D eigenvalue weighted by atomic mass is 10.1. The number of rotatable bonds is 2. The van der Waals surface area contributed by atoms with Gasteiger partial charge in [0.1, 0.15) is 5.75 Å². The van der Waals surface area contributed by atoms with Crippen LogP contribution in [-0.4, -0.2) is 22.3 Å². The Balaban J connectivity index is 2.20. The van der Waals surface area contributed by atoms with Gasteiger partial charge in [-0.25, -0.2) is 4.98 Å². The summed E-state index contributed by atoms with van der Waals surface area (Å²) in [6.45, 7) is 0. The highest BCUT2D eigenvalue weighted by Gasteiger charge is 2.09. The van der Waals surface area contributed by atoms with E-state index in [0.29, 0.717) is 27.5 Å². The Morgan fingerprint density at radius 3 is 2.52 bits per heavy atom. The van der Waals surface area contributed by atoms with E-state index in [9.17, 15) is 10.2 Å². The van der Waals surface area contributed by atoms with Crippen LogP contribution in [0.3, 0.4) is 0 Å². The molecule has 3 aromatic rings. The molecule has 1 aromatic heterocycles. The molecule has 3 rings (SSSR count). The molecule has 0 bridgehead atoms. The van der Waals surface area contributed by atoms with Crippen molar-refractivity contribution < 1.29 is 14.9 Å². The molecule has 0 saturated heterocycles. The summed E-state index contributed by atoms with van der Waals surface area (Å²) in [6, 6.07) is 11.7. The number of benzene rings is 2.